The predicted molar refractivity (Wildman–Crippen MR) is 490 cm³/mol. The van der Waals surface area contributed by atoms with Crippen molar-refractivity contribution in [2.24, 2.45) is 0 Å². The van der Waals surface area contributed by atoms with Crippen LogP contribution in [0.5, 0.6) is 0 Å². The third-order valence-corrected chi connectivity index (χ3v) is 25.5. The third-order valence-electron chi connectivity index (χ3n) is 25.5. The summed E-state index contributed by atoms with van der Waals surface area (Å²) in [5.41, 5.74) is 19.4. The molecule has 0 aliphatic carbocycles. The third kappa shape index (κ3) is 28.3. The van der Waals surface area contributed by atoms with Crippen LogP contribution < -0.4 is 0 Å². The monoisotopic (exact) mass is 1520 g/mol. The molecule has 2 N–H and O–H groups in total. The number of hydrogen-bond donors (Lipinski definition) is 2. The first-order valence-electron chi connectivity index (χ1n) is 48.8. The molecular formula is C104H162N8. The zero-order valence-electron chi connectivity index (χ0n) is 73.6. The summed E-state index contributed by atoms with van der Waals surface area (Å²) in [6.07, 6.45) is 79.3. The Morgan fingerprint density at radius 1 is 0.161 bits per heavy atom. The van der Waals surface area contributed by atoms with Gasteiger partial charge in [-0.3, -0.25) is 0 Å². The molecule has 0 amide bonds. The van der Waals surface area contributed by atoms with E-state index >= 15 is 0 Å². The largest absolute Gasteiger partial charge is 0.324 e. The molecule has 2 aliphatic heterocycles. The summed E-state index contributed by atoms with van der Waals surface area (Å²) in [5.74, 6) is 3.24. The van der Waals surface area contributed by atoms with Gasteiger partial charge in [-0.05, 0) is 147 Å². The summed E-state index contributed by atoms with van der Waals surface area (Å²) in [6, 6.07) is 20.1. The van der Waals surface area contributed by atoms with Gasteiger partial charge >= 0.3 is 0 Å². The number of nitrogens with zero attached hydrogens (tertiary/aromatic N) is 6. The Balaban J connectivity index is 1.39. The lowest BCUT2D eigenvalue weighted by Gasteiger charge is -2.13. The van der Waals surface area contributed by atoms with Crippen molar-refractivity contribution in [2.45, 2.75) is 466 Å². The summed E-state index contributed by atoms with van der Waals surface area (Å²) in [7, 11) is 0. The molecule has 0 fully saturated rings. The van der Waals surface area contributed by atoms with E-state index in [0.717, 1.165) is 149 Å². The quantitative estimate of drug-likeness (QED) is 0.0368. The van der Waals surface area contributed by atoms with E-state index in [1.807, 2.05) is 0 Å². The topological polar surface area (TPSA) is 109 Å². The van der Waals surface area contributed by atoms with Gasteiger partial charge < -0.3 is 9.97 Å². The van der Waals surface area contributed by atoms with Gasteiger partial charge in [0, 0.05) is 43.8 Å². The molecule has 5 heterocycles. The number of aromatic amines is 2. The van der Waals surface area contributed by atoms with Crippen molar-refractivity contribution >= 4 is 44.1 Å². The van der Waals surface area contributed by atoms with E-state index in [4.69, 9.17) is 29.9 Å². The second-order valence-corrected chi connectivity index (χ2v) is 35.1. The molecule has 8 bridgehead atoms. The molecule has 112 heavy (non-hydrogen) atoms. The fourth-order valence-electron chi connectivity index (χ4n) is 18.7. The van der Waals surface area contributed by atoms with E-state index in [1.54, 1.807) is 0 Å². The number of rotatable bonds is 64. The summed E-state index contributed by atoms with van der Waals surface area (Å²) in [4.78, 5) is 45.3. The number of H-pyrrole nitrogens is 2. The maximum Gasteiger partial charge on any atom is 0.165 e. The summed E-state index contributed by atoms with van der Waals surface area (Å²) in [6.45, 7) is 18.7. The zero-order valence-corrected chi connectivity index (χ0v) is 73.6. The maximum absolute atomic E-state index is 6.20. The summed E-state index contributed by atoms with van der Waals surface area (Å²) in [5, 5.41) is 4.96. The van der Waals surface area contributed by atoms with Crippen molar-refractivity contribution < 1.29 is 0 Å². The number of fused-ring (bicyclic) bond motifs is 20. The molecule has 0 saturated carbocycles. The van der Waals surface area contributed by atoms with Gasteiger partial charge in [-0.2, -0.15) is 0 Å². The Kier molecular flexibility index (Phi) is 43.0. The van der Waals surface area contributed by atoms with Gasteiger partial charge in [0.05, 0.1) is 0 Å². The molecule has 4 aromatic carbocycles. The van der Waals surface area contributed by atoms with E-state index < -0.39 is 0 Å². The van der Waals surface area contributed by atoms with Gasteiger partial charge in [0.2, 0.25) is 0 Å². The molecule has 3 aromatic heterocycles. The van der Waals surface area contributed by atoms with Crippen LogP contribution in [0.1, 0.15) is 459 Å². The minimum atomic E-state index is 0.809. The van der Waals surface area contributed by atoms with E-state index in [0.29, 0.717) is 0 Å². The fraction of sp³-hybridized carbons (Fsp3) is 0.692. The average Bonchev–Trinajstić information content (AvgIpc) is 1.58. The SMILES string of the molecule is CCCCCCCCCc1ccc(CCCCCCCCC)c2c1-c1nc-2nc2[nH]c(nc3nc(nc4[nH]c(n1)c1c(CCCCCCCCC)ccc(CCCCCCCCC)c41)-c1c(CCCCCCCCC)ccc(CCCCCCCCC)c1-3)c1c(CCCCCCCCC)ccc(CCCCCCCCC)c21. The van der Waals surface area contributed by atoms with Crippen LogP contribution in [-0.2, 0) is 51.4 Å². The van der Waals surface area contributed by atoms with Crippen molar-refractivity contribution in [3.8, 4) is 45.6 Å². The molecule has 7 aromatic rings. The Hall–Kier alpha value is -5.76. The lowest BCUT2D eigenvalue weighted by atomic mass is 9.91. The van der Waals surface area contributed by atoms with Crippen LogP contribution in [0.4, 0.5) is 0 Å². The predicted octanol–water partition coefficient (Wildman–Crippen LogP) is 33.2. The maximum atomic E-state index is 6.20. The van der Waals surface area contributed by atoms with Gasteiger partial charge in [0.1, 0.15) is 22.6 Å². The normalized spacial score (nSPS) is 12.1. The Morgan fingerprint density at radius 3 is 0.455 bits per heavy atom. The van der Waals surface area contributed by atoms with Crippen molar-refractivity contribution in [3.05, 3.63) is 93.0 Å². The smallest absolute Gasteiger partial charge is 0.165 e. The van der Waals surface area contributed by atoms with Crippen molar-refractivity contribution in [1.82, 2.24) is 39.9 Å². The van der Waals surface area contributed by atoms with E-state index in [2.05, 4.69) is 114 Å². The molecule has 618 valence electrons. The minimum Gasteiger partial charge on any atom is -0.324 e. The summed E-state index contributed by atoms with van der Waals surface area (Å²) >= 11 is 0. The molecule has 8 heteroatoms. The fourth-order valence-corrected chi connectivity index (χ4v) is 18.7. The highest BCUT2D eigenvalue weighted by Gasteiger charge is 2.30. The lowest BCUT2D eigenvalue weighted by Crippen LogP contribution is -1.98. The first kappa shape index (κ1) is 90.2. The molecule has 0 radical (unpaired) electrons. The first-order valence-corrected chi connectivity index (χ1v) is 48.8. The minimum absolute atomic E-state index is 0.809. The summed E-state index contributed by atoms with van der Waals surface area (Å²) < 4.78 is 0. The highest BCUT2D eigenvalue weighted by atomic mass is 15.1. The van der Waals surface area contributed by atoms with Crippen molar-refractivity contribution in [1.29, 1.82) is 0 Å². The molecule has 0 unspecified atom stereocenters. The zero-order chi connectivity index (χ0) is 78.4. The molecule has 8 nitrogen and oxygen atoms in total. The van der Waals surface area contributed by atoms with E-state index in [9.17, 15) is 0 Å². The highest BCUT2D eigenvalue weighted by Crippen LogP contribution is 2.45. The molecule has 9 rings (SSSR count). The molecule has 0 saturated heterocycles. The number of aromatic nitrogens is 8. The van der Waals surface area contributed by atoms with Crippen LogP contribution in [-0.4, -0.2) is 39.9 Å². The number of nitrogens with one attached hydrogen (secondary N) is 2. The average molecular weight is 1520 g/mol. The van der Waals surface area contributed by atoms with Crippen molar-refractivity contribution in [3.63, 3.8) is 0 Å². The van der Waals surface area contributed by atoms with Gasteiger partial charge in [0.15, 0.2) is 23.3 Å². The van der Waals surface area contributed by atoms with Crippen LogP contribution in [0.3, 0.4) is 0 Å². The Labute approximate surface area is 684 Å². The number of aryl methyl sites for hydroxylation is 8. The van der Waals surface area contributed by atoms with Crippen molar-refractivity contribution in [2.75, 3.05) is 0 Å². The molecule has 0 atom stereocenters. The Bertz CT molecular complexity index is 3460. The van der Waals surface area contributed by atoms with Gasteiger partial charge in [-0.25, -0.2) is 29.9 Å². The lowest BCUT2D eigenvalue weighted by molar-refractivity contribution is 0.588. The van der Waals surface area contributed by atoms with Crippen LogP contribution >= 0.6 is 0 Å². The second kappa shape index (κ2) is 53.5. The standard InChI is InChI=1S/C104H162N8/c1-9-17-25-33-41-49-57-65-81-73-74-82(66-58-50-42-34-26-18-10-2)90-89(81)97-105-98(90)110-100-93-85(69-61-53-45-37-29-21-13-5)77-78-86(70-62-54-46-38-30-22-14-6)94(93)102(107-100)112-104-96-88(72-64-56-48-40-32-24-16-8)80-79-87(71-63-55-47-39-31-23-15-7)95(96)103(108-104)111-101-92-84(68-60-52-44-36-28-20-12-4)76-75-83(91(92)99(106-101)109-97)67-59-51-43-35-27-19-11-3/h73-80H,9-72H2,1-8H3,(H2,105,106,107,108,109,110,111,112). The molecule has 0 spiro atoms. The number of benzene rings is 4. The second-order valence-electron chi connectivity index (χ2n) is 35.1. The van der Waals surface area contributed by atoms with Crippen LogP contribution in [0.25, 0.3) is 89.7 Å². The first-order chi connectivity index (χ1) is 55.4. The van der Waals surface area contributed by atoms with Crippen LogP contribution in [0.15, 0.2) is 48.5 Å². The Morgan fingerprint density at radius 2 is 0.295 bits per heavy atom. The van der Waals surface area contributed by atoms with Gasteiger partial charge in [-0.1, -0.05) is 412 Å². The van der Waals surface area contributed by atoms with Crippen LogP contribution in [0.2, 0.25) is 0 Å². The number of hydrogen-bond acceptors (Lipinski definition) is 6. The highest BCUT2D eigenvalue weighted by molar-refractivity contribution is 6.10. The van der Waals surface area contributed by atoms with Gasteiger partial charge in [-0.15, -0.1) is 0 Å². The number of unbranched alkanes of at least 4 members (excludes halogenated alkanes) is 48. The molecular weight excluding hydrogens is 1360 g/mol. The van der Waals surface area contributed by atoms with Gasteiger partial charge in [0.25, 0.3) is 0 Å². The van der Waals surface area contributed by atoms with E-state index in [-0.39, 0.29) is 0 Å². The molecule has 2 aliphatic rings. The van der Waals surface area contributed by atoms with E-state index in [1.165, 1.54) is 397 Å². The van der Waals surface area contributed by atoms with Crippen LogP contribution in [0, 0.1) is 0 Å².